The van der Waals surface area contributed by atoms with Crippen molar-refractivity contribution in [3.63, 3.8) is 0 Å². The van der Waals surface area contributed by atoms with E-state index in [1.165, 1.54) is 43.7 Å². The highest BCUT2D eigenvalue weighted by Gasteiger charge is 2.05. The second-order valence-electron chi connectivity index (χ2n) is 6.41. The fourth-order valence-corrected chi connectivity index (χ4v) is 3.76. The second kappa shape index (κ2) is 8.96. The van der Waals surface area contributed by atoms with Crippen LogP contribution < -0.4 is 10.5 Å². The fourth-order valence-electron chi connectivity index (χ4n) is 2.99. The highest BCUT2D eigenvalue weighted by molar-refractivity contribution is 7.22. The van der Waals surface area contributed by atoms with E-state index in [0.29, 0.717) is 17.6 Å². The average molecular weight is 371 g/mol. The van der Waals surface area contributed by atoms with Gasteiger partial charge in [0.25, 0.3) is 0 Å². The minimum atomic E-state index is 0.594. The van der Waals surface area contributed by atoms with Crippen LogP contribution in [0.25, 0.3) is 21.3 Å². The number of benzene rings is 1. The van der Waals surface area contributed by atoms with Crippen LogP contribution in [0.4, 0.5) is 5.13 Å². The van der Waals surface area contributed by atoms with Crippen LogP contribution in [0, 0.1) is 0 Å². The first-order valence-corrected chi connectivity index (χ1v) is 9.91. The largest absolute Gasteiger partial charge is 0.478 e. The van der Waals surface area contributed by atoms with E-state index >= 15 is 0 Å². The molecular formula is C20H26N4OS. The topological polar surface area (TPSA) is 64.3 Å². The Kier molecular flexibility index (Phi) is 6.41. The summed E-state index contributed by atoms with van der Waals surface area (Å²) < 4.78 is 6.51. The van der Waals surface area contributed by atoms with Crippen molar-refractivity contribution in [2.45, 2.75) is 26.2 Å². The maximum atomic E-state index is 5.72. The van der Waals surface area contributed by atoms with E-state index in [1.54, 1.807) is 6.20 Å². The molecule has 1 fully saturated rings. The number of pyridine rings is 1. The summed E-state index contributed by atoms with van der Waals surface area (Å²) in [7, 11) is 2.19. The highest BCUT2D eigenvalue weighted by atomic mass is 32.1. The van der Waals surface area contributed by atoms with E-state index in [1.807, 2.05) is 31.2 Å². The summed E-state index contributed by atoms with van der Waals surface area (Å²) in [6.07, 6.45) is 6.03. The number of aromatic nitrogens is 2. The van der Waals surface area contributed by atoms with Gasteiger partial charge in [0.1, 0.15) is 0 Å². The number of nitrogens with zero attached hydrogens (tertiary/aromatic N) is 3. The zero-order valence-electron chi connectivity index (χ0n) is 15.4. The SMILES string of the molecule is CCOc1cc(-c2ccc3nc(N)sc3c2)ccn1.CN1CCCCC1. The van der Waals surface area contributed by atoms with Gasteiger partial charge in [-0.3, -0.25) is 0 Å². The van der Waals surface area contributed by atoms with Gasteiger partial charge in [-0.25, -0.2) is 9.97 Å². The van der Waals surface area contributed by atoms with E-state index in [0.717, 1.165) is 21.3 Å². The number of nitrogen functional groups attached to an aromatic ring is 1. The van der Waals surface area contributed by atoms with Gasteiger partial charge in [0, 0.05) is 12.3 Å². The van der Waals surface area contributed by atoms with Crippen molar-refractivity contribution in [1.82, 2.24) is 14.9 Å². The van der Waals surface area contributed by atoms with E-state index < -0.39 is 0 Å². The van der Waals surface area contributed by atoms with Gasteiger partial charge in [-0.15, -0.1) is 0 Å². The lowest BCUT2D eigenvalue weighted by molar-refractivity contribution is 0.277. The Labute approximate surface area is 158 Å². The molecule has 2 aromatic heterocycles. The van der Waals surface area contributed by atoms with E-state index in [-0.39, 0.29) is 0 Å². The zero-order chi connectivity index (χ0) is 18.4. The molecule has 1 saturated heterocycles. The summed E-state index contributed by atoms with van der Waals surface area (Å²) in [5.41, 5.74) is 8.84. The minimum absolute atomic E-state index is 0.594. The van der Waals surface area contributed by atoms with Crippen LogP contribution in [0.1, 0.15) is 26.2 Å². The number of ether oxygens (including phenoxy) is 1. The molecule has 1 aliphatic heterocycles. The molecular weight excluding hydrogens is 344 g/mol. The van der Waals surface area contributed by atoms with Crippen molar-refractivity contribution in [1.29, 1.82) is 0 Å². The summed E-state index contributed by atoms with van der Waals surface area (Å²) in [6, 6.07) is 10.0. The molecule has 5 nitrogen and oxygen atoms in total. The minimum Gasteiger partial charge on any atom is -0.478 e. The molecule has 0 atom stereocenters. The average Bonchev–Trinajstić information content (AvgIpc) is 3.02. The molecule has 0 unspecified atom stereocenters. The number of thiazole rings is 1. The Hall–Kier alpha value is -2.18. The van der Waals surface area contributed by atoms with Gasteiger partial charge >= 0.3 is 0 Å². The van der Waals surface area contributed by atoms with Gasteiger partial charge in [-0.2, -0.15) is 0 Å². The van der Waals surface area contributed by atoms with Crippen molar-refractivity contribution >= 4 is 26.7 Å². The lowest BCUT2D eigenvalue weighted by Crippen LogP contribution is -2.24. The molecule has 1 aromatic carbocycles. The molecule has 0 saturated carbocycles. The van der Waals surface area contributed by atoms with Crippen LogP contribution in [0.3, 0.4) is 0 Å². The number of anilines is 1. The smallest absolute Gasteiger partial charge is 0.213 e. The van der Waals surface area contributed by atoms with Crippen LogP contribution in [-0.4, -0.2) is 41.6 Å². The van der Waals surface area contributed by atoms with Crippen LogP contribution in [0.15, 0.2) is 36.5 Å². The molecule has 138 valence electrons. The Morgan fingerprint density at radius 3 is 2.58 bits per heavy atom. The summed E-state index contributed by atoms with van der Waals surface area (Å²) >= 11 is 1.50. The first kappa shape index (κ1) is 18.6. The molecule has 4 rings (SSSR count). The highest BCUT2D eigenvalue weighted by Crippen LogP contribution is 2.30. The summed E-state index contributed by atoms with van der Waals surface area (Å²) in [6.45, 7) is 5.20. The molecule has 26 heavy (non-hydrogen) atoms. The van der Waals surface area contributed by atoms with Crippen LogP contribution in [0.2, 0.25) is 0 Å². The van der Waals surface area contributed by atoms with Crippen LogP contribution in [-0.2, 0) is 0 Å². The van der Waals surface area contributed by atoms with E-state index in [9.17, 15) is 0 Å². The number of hydrogen-bond donors (Lipinski definition) is 1. The van der Waals surface area contributed by atoms with Gasteiger partial charge in [-0.05, 0) is 69.2 Å². The number of hydrogen-bond acceptors (Lipinski definition) is 6. The van der Waals surface area contributed by atoms with Crippen molar-refractivity contribution < 1.29 is 4.74 Å². The Morgan fingerprint density at radius 1 is 1.12 bits per heavy atom. The standard InChI is InChI=1S/C14H13N3OS.C6H13N/c1-2-18-13-8-10(5-6-16-13)9-3-4-11-12(7-9)19-14(15)17-11;1-7-5-3-2-4-6-7/h3-8H,2H2,1H3,(H2,15,17);2-6H2,1H3. The van der Waals surface area contributed by atoms with Crippen molar-refractivity contribution in [2.75, 3.05) is 32.5 Å². The van der Waals surface area contributed by atoms with Crippen molar-refractivity contribution in [3.8, 4) is 17.0 Å². The third kappa shape index (κ3) is 4.93. The quantitative estimate of drug-likeness (QED) is 0.738. The molecule has 0 spiro atoms. The number of nitrogens with two attached hydrogens (primary N) is 1. The first-order valence-electron chi connectivity index (χ1n) is 9.09. The molecule has 0 bridgehead atoms. The molecule has 0 aliphatic carbocycles. The summed E-state index contributed by atoms with van der Waals surface area (Å²) in [5.74, 6) is 0.643. The molecule has 3 aromatic rings. The molecule has 3 heterocycles. The fraction of sp³-hybridized carbons (Fsp3) is 0.400. The van der Waals surface area contributed by atoms with Crippen LogP contribution >= 0.6 is 11.3 Å². The zero-order valence-corrected chi connectivity index (χ0v) is 16.3. The normalized spacial score (nSPS) is 14.7. The van der Waals surface area contributed by atoms with Crippen molar-refractivity contribution in [3.05, 3.63) is 36.5 Å². The van der Waals surface area contributed by atoms with Crippen molar-refractivity contribution in [2.24, 2.45) is 0 Å². The second-order valence-corrected chi connectivity index (χ2v) is 7.48. The number of likely N-dealkylation sites (tertiary alicyclic amines) is 1. The molecule has 2 N–H and O–H groups in total. The Morgan fingerprint density at radius 2 is 1.88 bits per heavy atom. The maximum absolute atomic E-state index is 5.72. The molecule has 1 aliphatic rings. The van der Waals surface area contributed by atoms with Gasteiger partial charge in [0.2, 0.25) is 5.88 Å². The first-order chi connectivity index (χ1) is 12.7. The van der Waals surface area contributed by atoms with Gasteiger partial charge in [0.15, 0.2) is 5.13 Å². The van der Waals surface area contributed by atoms with Gasteiger partial charge in [0.05, 0.1) is 16.8 Å². The van der Waals surface area contributed by atoms with Gasteiger partial charge < -0.3 is 15.4 Å². The predicted molar refractivity (Wildman–Crippen MR) is 110 cm³/mol. The van der Waals surface area contributed by atoms with E-state index in [4.69, 9.17) is 10.5 Å². The van der Waals surface area contributed by atoms with E-state index in [2.05, 4.69) is 28.0 Å². The Bertz CT molecular complexity index is 843. The molecule has 0 amide bonds. The monoisotopic (exact) mass is 370 g/mol. The molecule has 6 heteroatoms. The van der Waals surface area contributed by atoms with Crippen LogP contribution in [0.5, 0.6) is 5.88 Å². The maximum Gasteiger partial charge on any atom is 0.213 e. The number of rotatable bonds is 3. The number of piperidine rings is 1. The third-order valence-electron chi connectivity index (χ3n) is 4.35. The van der Waals surface area contributed by atoms with Gasteiger partial charge in [-0.1, -0.05) is 23.8 Å². The lowest BCUT2D eigenvalue weighted by atomic mass is 10.1. The number of fused-ring (bicyclic) bond motifs is 1. The lowest BCUT2D eigenvalue weighted by Gasteiger charge is -2.20. The summed E-state index contributed by atoms with van der Waals surface area (Å²) in [4.78, 5) is 10.8. The predicted octanol–water partition coefficient (Wildman–Crippen LogP) is 4.44. The molecule has 0 radical (unpaired) electrons. The third-order valence-corrected chi connectivity index (χ3v) is 5.19. The summed E-state index contributed by atoms with van der Waals surface area (Å²) in [5, 5.41) is 0.594. The Balaban J connectivity index is 0.000000236.